The van der Waals surface area contributed by atoms with Crippen LogP contribution in [-0.4, -0.2) is 16.7 Å². The second-order valence-electron chi connectivity index (χ2n) is 6.50. The zero-order valence-corrected chi connectivity index (χ0v) is 17.5. The summed E-state index contributed by atoms with van der Waals surface area (Å²) in [6, 6.07) is 9.55. The van der Waals surface area contributed by atoms with Crippen molar-refractivity contribution in [2.45, 2.75) is 6.92 Å². The van der Waals surface area contributed by atoms with E-state index in [4.69, 9.17) is 16.0 Å². The normalized spacial score (nSPS) is 11.4. The number of aromatic nitrogens is 1. The van der Waals surface area contributed by atoms with Crippen LogP contribution in [0.2, 0.25) is 5.02 Å². The van der Waals surface area contributed by atoms with E-state index in [-0.39, 0.29) is 22.4 Å². The van der Waals surface area contributed by atoms with Gasteiger partial charge in [-0.25, -0.2) is 13.8 Å². The number of furan rings is 1. The van der Waals surface area contributed by atoms with Gasteiger partial charge < -0.3 is 4.42 Å². The molecule has 0 saturated carbocycles. The van der Waals surface area contributed by atoms with Gasteiger partial charge in [0.2, 0.25) is 11.7 Å². The van der Waals surface area contributed by atoms with Gasteiger partial charge in [-0.3, -0.25) is 14.5 Å². The minimum absolute atomic E-state index is 0.115. The van der Waals surface area contributed by atoms with Gasteiger partial charge in [0.1, 0.15) is 17.2 Å². The molecular formula is C22H13ClF2N2O3S. The highest BCUT2D eigenvalue weighted by Gasteiger charge is 2.21. The van der Waals surface area contributed by atoms with E-state index < -0.39 is 17.5 Å². The number of halogens is 3. The third-order valence-electron chi connectivity index (χ3n) is 4.29. The fraction of sp³-hybridized carbons (Fsp3) is 0.0455. The number of hydrogen-bond acceptors (Lipinski definition) is 5. The van der Waals surface area contributed by atoms with Crippen molar-refractivity contribution < 1.29 is 22.8 Å². The fourth-order valence-corrected chi connectivity index (χ4v) is 3.93. The average molecular weight is 459 g/mol. The second kappa shape index (κ2) is 8.41. The topological polar surface area (TPSA) is 63.4 Å². The molecule has 2 aromatic carbocycles. The monoisotopic (exact) mass is 458 g/mol. The number of amides is 1. The molecule has 0 aliphatic heterocycles. The molecule has 2 aromatic heterocycles. The Hall–Kier alpha value is -3.36. The van der Waals surface area contributed by atoms with Crippen LogP contribution >= 0.6 is 22.9 Å². The number of carbonyl (C=O) groups excluding carboxylic acids is 2. The molecule has 156 valence electrons. The first-order valence-corrected chi connectivity index (χ1v) is 10.2. The molecule has 0 aliphatic rings. The summed E-state index contributed by atoms with van der Waals surface area (Å²) >= 11 is 7.02. The molecule has 9 heteroatoms. The first-order chi connectivity index (χ1) is 14.8. The van der Waals surface area contributed by atoms with Crippen molar-refractivity contribution in [1.29, 1.82) is 0 Å². The Morgan fingerprint density at radius 2 is 1.97 bits per heavy atom. The van der Waals surface area contributed by atoms with E-state index in [1.807, 2.05) is 0 Å². The summed E-state index contributed by atoms with van der Waals surface area (Å²) in [5.41, 5.74) is 0.813. The van der Waals surface area contributed by atoms with Crippen molar-refractivity contribution in [3.8, 4) is 0 Å². The van der Waals surface area contributed by atoms with Crippen LogP contribution < -0.4 is 4.90 Å². The molecule has 0 N–H and O–H groups in total. The Bertz CT molecular complexity index is 1350. The molecule has 0 fully saturated rings. The van der Waals surface area contributed by atoms with Crippen LogP contribution in [0.1, 0.15) is 23.2 Å². The lowest BCUT2D eigenvalue weighted by Gasteiger charge is -2.18. The van der Waals surface area contributed by atoms with E-state index >= 15 is 0 Å². The summed E-state index contributed by atoms with van der Waals surface area (Å²) in [6.45, 7) is 1.25. The molecule has 5 nitrogen and oxygen atoms in total. The number of fused-ring (bicyclic) bond motifs is 1. The molecule has 0 atom stereocenters. The highest BCUT2D eigenvalue weighted by atomic mass is 35.5. The van der Waals surface area contributed by atoms with Crippen LogP contribution in [0.15, 0.2) is 58.3 Å². The van der Waals surface area contributed by atoms with Gasteiger partial charge in [-0.15, -0.1) is 11.3 Å². The highest BCUT2D eigenvalue weighted by molar-refractivity contribution is 7.14. The van der Waals surface area contributed by atoms with E-state index in [9.17, 15) is 18.4 Å². The average Bonchev–Trinajstić information content (AvgIpc) is 3.34. The number of rotatable bonds is 5. The molecule has 4 rings (SSSR count). The van der Waals surface area contributed by atoms with Crippen molar-refractivity contribution in [2.75, 3.05) is 4.90 Å². The lowest BCUT2D eigenvalue weighted by Crippen LogP contribution is -2.23. The third kappa shape index (κ3) is 4.40. The summed E-state index contributed by atoms with van der Waals surface area (Å²) in [4.78, 5) is 29.8. The SMILES string of the molecule is CC(=O)N(c1nc(/C=C/C(=O)c2cc3cc(Cl)ccc3o2)cs1)c1ccc(F)cc1F. The van der Waals surface area contributed by atoms with Crippen molar-refractivity contribution in [3.63, 3.8) is 0 Å². The maximum absolute atomic E-state index is 14.2. The number of allylic oxidation sites excluding steroid dienone is 1. The predicted octanol–water partition coefficient (Wildman–Crippen LogP) is 6.40. The van der Waals surface area contributed by atoms with Gasteiger partial charge in [0, 0.05) is 28.8 Å². The van der Waals surface area contributed by atoms with Gasteiger partial charge in [-0.1, -0.05) is 11.6 Å². The number of thiazole rings is 1. The first kappa shape index (κ1) is 20.9. The molecule has 0 radical (unpaired) electrons. The molecule has 1 amide bonds. The summed E-state index contributed by atoms with van der Waals surface area (Å²) in [6.07, 6.45) is 2.75. The largest absolute Gasteiger partial charge is 0.453 e. The van der Waals surface area contributed by atoms with E-state index in [1.54, 1.807) is 29.6 Å². The Morgan fingerprint density at radius 3 is 2.71 bits per heavy atom. The maximum Gasteiger partial charge on any atom is 0.230 e. The van der Waals surface area contributed by atoms with Crippen LogP contribution in [0.4, 0.5) is 19.6 Å². The van der Waals surface area contributed by atoms with E-state index in [0.29, 0.717) is 27.8 Å². The number of ketones is 1. The summed E-state index contributed by atoms with van der Waals surface area (Å²) < 4.78 is 32.9. The number of hydrogen-bond donors (Lipinski definition) is 0. The lowest BCUT2D eigenvalue weighted by atomic mass is 10.2. The first-order valence-electron chi connectivity index (χ1n) is 8.94. The number of benzene rings is 2. The standard InChI is InChI=1S/C22H13ClF2N2O3S/c1-12(28)27(18-5-3-15(24)10-17(18)25)22-26-16(11-31-22)4-6-19(29)21-9-13-8-14(23)2-7-20(13)30-21/h2-11H,1H3/b6-4+. The Balaban J connectivity index is 1.57. The Morgan fingerprint density at radius 1 is 1.16 bits per heavy atom. The summed E-state index contributed by atoms with van der Waals surface area (Å²) in [5.74, 6) is -2.37. The van der Waals surface area contributed by atoms with Crippen molar-refractivity contribution in [3.05, 3.63) is 82.0 Å². The van der Waals surface area contributed by atoms with E-state index in [1.165, 1.54) is 25.1 Å². The molecule has 0 aliphatic carbocycles. The van der Waals surface area contributed by atoms with Gasteiger partial charge in [0.25, 0.3) is 0 Å². The molecule has 0 saturated heterocycles. The van der Waals surface area contributed by atoms with Gasteiger partial charge >= 0.3 is 0 Å². The molecule has 0 bridgehead atoms. The van der Waals surface area contributed by atoms with Crippen LogP contribution in [0.5, 0.6) is 0 Å². The third-order valence-corrected chi connectivity index (χ3v) is 5.37. The van der Waals surface area contributed by atoms with Crippen LogP contribution in [0, 0.1) is 11.6 Å². The Kier molecular flexibility index (Phi) is 5.67. The van der Waals surface area contributed by atoms with Crippen LogP contribution in [-0.2, 0) is 4.79 Å². The smallest absolute Gasteiger partial charge is 0.230 e. The van der Waals surface area contributed by atoms with Gasteiger partial charge in [0.05, 0.1) is 11.4 Å². The van der Waals surface area contributed by atoms with Gasteiger partial charge in [0.15, 0.2) is 10.9 Å². The highest BCUT2D eigenvalue weighted by Crippen LogP contribution is 2.31. The van der Waals surface area contributed by atoms with Crippen molar-refractivity contribution >= 4 is 62.5 Å². The Labute approximate surface area is 184 Å². The molecule has 0 unspecified atom stereocenters. The minimum Gasteiger partial charge on any atom is -0.453 e. The zero-order valence-electron chi connectivity index (χ0n) is 15.9. The summed E-state index contributed by atoms with van der Waals surface area (Å²) in [7, 11) is 0. The summed E-state index contributed by atoms with van der Waals surface area (Å²) in [5, 5.41) is 3.03. The van der Waals surface area contributed by atoms with Gasteiger partial charge in [-0.2, -0.15) is 0 Å². The minimum atomic E-state index is -0.886. The number of carbonyl (C=O) groups is 2. The predicted molar refractivity (Wildman–Crippen MR) is 116 cm³/mol. The van der Waals surface area contributed by atoms with Crippen molar-refractivity contribution in [1.82, 2.24) is 4.98 Å². The number of nitrogens with zero attached hydrogens (tertiary/aromatic N) is 2. The zero-order chi connectivity index (χ0) is 22.1. The quantitative estimate of drug-likeness (QED) is 0.256. The van der Waals surface area contributed by atoms with E-state index in [2.05, 4.69) is 4.98 Å². The molecule has 2 heterocycles. The maximum atomic E-state index is 14.2. The molecular weight excluding hydrogens is 446 g/mol. The molecule has 0 spiro atoms. The van der Waals surface area contributed by atoms with Crippen LogP contribution in [0.3, 0.4) is 0 Å². The second-order valence-corrected chi connectivity index (χ2v) is 7.77. The van der Waals surface area contributed by atoms with Crippen molar-refractivity contribution in [2.24, 2.45) is 0 Å². The van der Waals surface area contributed by atoms with Crippen LogP contribution in [0.25, 0.3) is 17.0 Å². The van der Waals surface area contributed by atoms with Gasteiger partial charge in [-0.05, 0) is 48.6 Å². The molecule has 31 heavy (non-hydrogen) atoms. The van der Waals surface area contributed by atoms with E-state index in [0.717, 1.165) is 22.3 Å². The fourth-order valence-electron chi connectivity index (χ4n) is 2.90. The molecule has 4 aromatic rings. The lowest BCUT2D eigenvalue weighted by molar-refractivity contribution is -0.115. The number of anilines is 2.